The average molecular weight is 325 g/mol. The molecule has 1 saturated heterocycles. The zero-order chi connectivity index (χ0) is 14.9. The van der Waals surface area contributed by atoms with Gasteiger partial charge in [0.05, 0.1) is 0 Å². The summed E-state index contributed by atoms with van der Waals surface area (Å²) in [5, 5.41) is 3.04. The highest BCUT2D eigenvalue weighted by atomic mass is 32.2. The van der Waals surface area contributed by atoms with Crippen molar-refractivity contribution in [2.24, 2.45) is 5.92 Å². The van der Waals surface area contributed by atoms with Crippen LogP contribution in [-0.2, 0) is 0 Å². The molecule has 2 rings (SSSR count). The van der Waals surface area contributed by atoms with E-state index in [-0.39, 0.29) is 6.03 Å². The number of thioether (sulfide) groups is 2. The monoisotopic (exact) mass is 324 g/mol. The van der Waals surface area contributed by atoms with Crippen LogP contribution in [0.5, 0.6) is 0 Å². The zero-order valence-corrected chi connectivity index (χ0v) is 14.2. The lowest BCUT2D eigenvalue weighted by molar-refractivity contribution is 0.171. The second-order valence-electron chi connectivity index (χ2n) is 5.30. The molecular formula is C16H24N2OS2. The number of rotatable bonds is 6. The molecule has 5 heteroatoms. The summed E-state index contributed by atoms with van der Waals surface area (Å²) in [5.74, 6) is 2.74. The molecule has 0 saturated carbocycles. The third kappa shape index (κ3) is 5.83. The van der Waals surface area contributed by atoms with Gasteiger partial charge in [0.2, 0.25) is 0 Å². The highest BCUT2D eigenvalue weighted by Crippen LogP contribution is 2.20. The van der Waals surface area contributed by atoms with Gasteiger partial charge in [-0.15, -0.1) is 11.8 Å². The van der Waals surface area contributed by atoms with E-state index >= 15 is 0 Å². The minimum Gasteiger partial charge on any atom is -0.337 e. The molecule has 2 amide bonds. The maximum absolute atomic E-state index is 12.2. The van der Waals surface area contributed by atoms with Crippen molar-refractivity contribution >= 4 is 29.6 Å². The van der Waals surface area contributed by atoms with Gasteiger partial charge in [0.15, 0.2) is 0 Å². The molecular weight excluding hydrogens is 300 g/mol. The molecule has 1 aliphatic rings. The highest BCUT2D eigenvalue weighted by Gasteiger charge is 2.22. The lowest BCUT2D eigenvalue weighted by Gasteiger charge is -2.32. The first kappa shape index (κ1) is 16.6. The van der Waals surface area contributed by atoms with Crippen LogP contribution < -0.4 is 5.32 Å². The van der Waals surface area contributed by atoms with Crippen LogP contribution in [0.25, 0.3) is 0 Å². The van der Waals surface area contributed by atoms with Crippen LogP contribution in [0.2, 0.25) is 0 Å². The standard InChI is InChI=1S/C16H24N2OS2/c1-20-13-14-6-5-10-18(12-14)16(19)17-9-11-21-15-7-3-2-4-8-15/h2-4,7-8,14H,5-6,9-13H2,1H3,(H,17,19)/t14-/m0/s1. The van der Waals surface area contributed by atoms with Gasteiger partial charge in [-0.25, -0.2) is 4.79 Å². The Bertz CT molecular complexity index is 426. The Balaban J connectivity index is 1.65. The van der Waals surface area contributed by atoms with Crippen LogP contribution in [0.3, 0.4) is 0 Å². The van der Waals surface area contributed by atoms with Crippen molar-refractivity contribution in [1.29, 1.82) is 0 Å². The second kappa shape index (κ2) is 9.26. The van der Waals surface area contributed by atoms with Gasteiger partial charge >= 0.3 is 6.03 Å². The summed E-state index contributed by atoms with van der Waals surface area (Å²) in [4.78, 5) is 15.4. The minimum absolute atomic E-state index is 0.106. The Labute approximate surface area is 136 Å². The van der Waals surface area contributed by atoms with E-state index in [1.165, 1.54) is 11.3 Å². The second-order valence-corrected chi connectivity index (χ2v) is 7.38. The number of amides is 2. The zero-order valence-electron chi connectivity index (χ0n) is 12.6. The Morgan fingerprint density at radius 2 is 2.19 bits per heavy atom. The van der Waals surface area contributed by atoms with E-state index in [1.807, 2.05) is 34.9 Å². The number of urea groups is 1. The number of benzene rings is 1. The van der Waals surface area contributed by atoms with Crippen LogP contribution >= 0.6 is 23.5 Å². The normalized spacial score (nSPS) is 18.5. The number of likely N-dealkylation sites (tertiary alicyclic amines) is 1. The minimum atomic E-state index is 0.106. The lowest BCUT2D eigenvalue weighted by atomic mass is 10.0. The summed E-state index contributed by atoms with van der Waals surface area (Å²) in [7, 11) is 0. The summed E-state index contributed by atoms with van der Waals surface area (Å²) in [5.41, 5.74) is 0. The Kier molecular flexibility index (Phi) is 7.30. The SMILES string of the molecule is CSC[C@H]1CCCN(C(=O)NCCSc2ccccc2)C1. The van der Waals surface area contributed by atoms with Crippen LogP contribution in [0.4, 0.5) is 4.79 Å². The maximum Gasteiger partial charge on any atom is 0.317 e. The number of hydrogen-bond acceptors (Lipinski definition) is 3. The van der Waals surface area contributed by atoms with Crippen LogP contribution in [0.15, 0.2) is 35.2 Å². The number of carbonyl (C=O) groups excluding carboxylic acids is 1. The topological polar surface area (TPSA) is 32.3 Å². The molecule has 1 fully saturated rings. The van der Waals surface area contributed by atoms with Crippen LogP contribution in [0.1, 0.15) is 12.8 Å². The Morgan fingerprint density at radius 3 is 2.95 bits per heavy atom. The van der Waals surface area contributed by atoms with Gasteiger partial charge in [0.25, 0.3) is 0 Å². The molecule has 1 heterocycles. The number of nitrogens with one attached hydrogen (secondary N) is 1. The van der Waals surface area contributed by atoms with E-state index in [4.69, 9.17) is 0 Å². The van der Waals surface area contributed by atoms with Crippen molar-refractivity contribution in [3.8, 4) is 0 Å². The van der Waals surface area contributed by atoms with Crippen molar-refractivity contribution in [2.45, 2.75) is 17.7 Å². The van der Waals surface area contributed by atoms with Gasteiger partial charge < -0.3 is 10.2 Å². The van der Waals surface area contributed by atoms with E-state index < -0.39 is 0 Å². The first-order valence-electron chi connectivity index (χ1n) is 7.49. The van der Waals surface area contributed by atoms with Crippen molar-refractivity contribution < 1.29 is 4.79 Å². The van der Waals surface area contributed by atoms with Crippen molar-refractivity contribution in [1.82, 2.24) is 10.2 Å². The maximum atomic E-state index is 12.2. The van der Waals surface area contributed by atoms with E-state index in [1.54, 1.807) is 11.8 Å². The molecule has 1 aliphatic heterocycles. The molecule has 1 aromatic rings. The molecule has 0 bridgehead atoms. The van der Waals surface area contributed by atoms with Gasteiger partial charge in [-0.05, 0) is 42.9 Å². The van der Waals surface area contributed by atoms with Crippen molar-refractivity contribution in [3.05, 3.63) is 30.3 Å². The van der Waals surface area contributed by atoms with Crippen molar-refractivity contribution in [3.63, 3.8) is 0 Å². The smallest absolute Gasteiger partial charge is 0.317 e. The van der Waals surface area contributed by atoms with Gasteiger partial charge in [-0.3, -0.25) is 0 Å². The number of nitrogens with zero attached hydrogens (tertiary/aromatic N) is 1. The number of piperidine rings is 1. The third-order valence-corrected chi connectivity index (χ3v) is 5.42. The molecule has 1 N–H and O–H groups in total. The van der Waals surface area contributed by atoms with Crippen molar-refractivity contribution in [2.75, 3.05) is 37.4 Å². The summed E-state index contributed by atoms with van der Waals surface area (Å²) in [6, 6.07) is 10.4. The lowest BCUT2D eigenvalue weighted by Crippen LogP contribution is -2.46. The molecule has 21 heavy (non-hydrogen) atoms. The molecule has 0 aliphatic carbocycles. The number of carbonyl (C=O) groups is 1. The first-order valence-corrected chi connectivity index (χ1v) is 9.87. The van der Waals surface area contributed by atoms with E-state index in [0.717, 1.165) is 37.6 Å². The fourth-order valence-corrected chi connectivity index (χ4v) is 4.11. The predicted molar refractivity (Wildman–Crippen MR) is 93.2 cm³/mol. The quantitative estimate of drug-likeness (QED) is 0.641. The summed E-state index contributed by atoms with van der Waals surface area (Å²) in [6.07, 6.45) is 4.53. The van der Waals surface area contributed by atoms with Crippen LogP contribution in [-0.4, -0.2) is 48.3 Å². The molecule has 1 atom stereocenters. The van der Waals surface area contributed by atoms with Crippen LogP contribution in [0, 0.1) is 5.92 Å². The van der Waals surface area contributed by atoms with E-state index in [9.17, 15) is 4.79 Å². The fraction of sp³-hybridized carbons (Fsp3) is 0.562. The molecule has 3 nitrogen and oxygen atoms in total. The summed E-state index contributed by atoms with van der Waals surface area (Å²) >= 11 is 3.66. The van der Waals surface area contributed by atoms with Gasteiger partial charge in [-0.1, -0.05) is 18.2 Å². The van der Waals surface area contributed by atoms with E-state index in [2.05, 4.69) is 23.7 Å². The highest BCUT2D eigenvalue weighted by molar-refractivity contribution is 7.99. The Hall–Kier alpha value is -0.810. The predicted octanol–water partition coefficient (Wildman–Crippen LogP) is 3.56. The Morgan fingerprint density at radius 1 is 1.38 bits per heavy atom. The van der Waals surface area contributed by atoms with Gasteiger partial charge in [0, 0.05) is 30.3 Å². The van der Waals surface area contributed by atoms with Gasteiger partial charge in [-0.2, -0.15) is 11.8 Å². The summed E-state index contributed by atoms with van der Waals surface area (Å²) in [6.45, 7) is 2.54. The summed E-state index contributed by atoms with van der Waals surface area (Å²) < 4.78 is 0. The molecule has 0 aromatic heterocycles. The van der Waals surface area contributed by atoms with Gasteiger partial charge in [0.1, 0.15) is 0 Å². The molecule has 1 aromatic carbocycles. The third-order valence-electron chi connectivity index (χ3n) is 3.60. The number of hydrogen-bond donors (Lipinski definition) is 1. The first-order chi connectivity index (χ1) is 10.3. The fourth-order valence-electron chi connectivity index (χ4n) is 2.58. The molecule has 0 spiro atoms. The molecule has 0 radical (unpaired) electrons. The molecule has 116 valence electrons. The molecule has 0 unspecified atom stereocenters. The van der Waals surface area contributed by atoms with E-state index in [0.29, 0.717) is 5.92 Å². The average Bonchev–Trinajstić information content (AvgIpc) is 2.53. The largest absolute Gasteiger partial charge is 0.337 e.